The van der Waals surface area contributed by atoms with Crippen LogP contribution in [0, 0.1) is 17.8 Å². The lowest BCUT2D eigenvalue weighted by atomic mass is 9.54. The summed E-state index contributed by atoms with van der Waals surface area (Å²) in [7, 11) is 1.88. The fraction of sp³-hybridized carbons (Fsp3) is 0.583. The third-order valence-electron chi connectivity index (χ3n) is 7.65. The van der Waals surface area contributed by atoms with Gasteiger partial charge in [-0.05, 0) is 68.4 Å². The van der Waals surface area contributed by atoms with Crippen molar-refractivity contribution >= 4 is 5.91 Å². The van der Waals surface area contributed by atoms with E-state index in [9.17, 15) is 4.79 Å². The van der Waals surface area contributed by atoms with Gasteiger partial charge in [0.2, 0.25) is 0 Å². The molecular weight excluding hydrogens is 378 g/mol. The van der Waals surface area contributed by atoms with Crippen molar-refractivity contribution in [3.05, 3.63) is 35.5 Å². The highest BCUT2D eigenvalue weighted by atomic mass is 16.5. The van der Waals surface area contributed by atoms with Crippen molar-refractivity contribution < 1.29 is 14.3 Å². The van der Waals surface area contributed by atoms with E-state index in [2.05, 4.69) is 10.4 Å². The Morgan fingerprint density at radius 3 is 2.63 bits per heavy atom. The van der Waals surface area contributed by atoms with Crippen molar-refractivity contribution in [1.82, 2.24) is 15.1 Å². The number of amides is 1. The van der Waals surface area contributed by atoms with Gasteiger partial charge in [-0.15, -0.1) is 0 Å². The lowest BCUT2D eigenvalue weighted by Crippen LogP contribution is -2.52. The van der Waals surface area contributed by atoms with Crippen molar-refractivity contribution in [3.8, 4) is 17.0 Å². The molecule has 5 aliphatic rings. The smallest absolute Gasteiger partial charge is 0.272 e. The molecule has 0 spiro atoms. The fourth-order valence-electron chi connectivity index (χ4n) is 6.89. The van der Waals surface area contributed by atoms with E-state index in [1.165, 1.54) is 38.5 Å². The highest BCUT2D eigenvalue weighted by Gasteiger charge is 2.51. The number of nitrogens with one attached hydrogen (secondary N) is 1. The van der Waals surface area contributed by atoms with E-state index in [0.717, 1.165) is 40.3 Å². The molecular formula is C24H29N3O3. The predicted molar refractivity (Wildman–Crippen MR) is 112 cm³/mol. The Hall–Kier alpha value is -2.34. The molecule has 6 heteroatoms. The summed E-state index contributed by atoms with van der Waals surface area (Å²) in [5.74, 6) is 3.30. The second-order valence-corrected chi connectivity index (χ2v) is 9.79. The lowest BCUT2D eigenvalue weighted by molar-refractivity contribution is -0.161. The molecule has 1 aromatic heterocycles. The standard InChI is InChI=1S/C24H29N3O3/c1-27-22-18-4-2-3-5-20(18)29-14-19(22)21(26-27)23(28)25-6-7-30-24-11-15-8-16(12-24)10-17(9-15)13-24/h2-5,15-17H,6-14H2,1H3,(H,25,28). The third kappa shape index (κ3) is 2.96. The molecule has 1 aliphatic heterocycles. The molecule has 2 heterocycles. The topological polar surface area (TPSA) is 65.4 Å². The van der Waals surface area contributed by atoms with Crippen LogP contribution in [0.5, 0.6) is 5.75 Å². The first-order valence-corrected chi connectivity index (χ1v) is 11.3. The Kier molecular flexibility index (Phi) is 4.20. The van der Waals surface area contributed by atoms with Crippen molar-refractivity contribution in [2.24, 2.45) is 24.8 Å². The predicted octanol–water partition coefficient (Wildman–Crippen LogP) is 3.69. The van der Waals surface area contributed by atoms with Gasteiger partial charge in [0.05, 0.1) is 17.9 Å². The number of nitrogens with zero attached hydrogens (tertiary/aromatic N) is 2. The molecule has 0 saturated heterocycles. The Morgan fingerprint density at radius 1 is 1.20 bits per heavy atom. The van der Waals surface area contributed by atoms with Gasteiger partial charge in [-0.2, -0.15) is 5.10 Å². The van der Waals surface area contributed by atoms with E-state index in [1.807, 2.05) is 31.3 Å². The van der Waals surface area contributed by atoms with E-state index in [-0.39, 0.29) is 11.5 Å². The zero-order chi connectivity index (χ0) is 20.3. The van der Waals surface area contributed by atoms with Gasteiger partial charge >= 0.3 is 0 Å². The average Bonchev–Trinajstić information content (AvgIpc) is 3.07. The summed E-state index contributed by atoms with van der Waals surface area (Å²) in [5.41, 5.74) is 3.35. The van der Waals surface area contributed by atoms with E-state index in [1.54, 1.807) is 4.68 Å². The van der Waals surface area contributed by atoms with E-state index < -0.39 is 0 Å². The molecule has 0 atom stereocenters. The maximum atomic E-state index is 12.9. The van der Waals surface area contributed by atoms with Crippen molar-refractivity contribution in [2.75, 3.05) is 13.2 Å². The zero-order valence-electron chi connectivity index (χ0n) is 17.5. The Bertz CT molecular complexity index is 960. The normalized spacial score (nSPS) is 30.5. The summed E-state index contributed by atoms with van der Waals surface area (Å²) in [6, 6.07) is 7.90. The number of carbonyl (C=O) groups excluding carboxylic acids is 1. The maximum absolute atomic E-state index is 12.9. The van der Waals surface area contributed by atoms with Crippen LogP contribution < -0.4 is 10.1 Å². The molecule has 1 aromatic carbocycles. The summed E-state index contributed by atoms with van der Waals surface area (Å²) in [4.78, 5) is 12.9. The number of aromatic nitrogens is 2. The monoisotopic (exact) mass is 407 g/mol. The summed E-state index contributed by atoms with van der Waals surface area (Å²) in [6.07, 6.45) is 7.90. The quantitative estimate of drug-likeness (QED) is 0.768. The van der Waals surface area contributed by atoms with Gasteiger partial charge in [0, 0.05) is 24.7 Å². The van der Waals surface area contributed by atoms with Crippen LogP contribution in [0.3, 0.4) is 0 Å². The number of aryl methyl sites for hydroxylation is 1. The molecule has 7 rings (SSSR count). The van der Waals surface area contributed by atoms with Crippen LogP contribution in [-0.2, 0) is 18.4 Å². The van der Waals surface area contributed by atoms with Crippen molar-refractivity contribution in [1.29, 1.82) is 0 Å². The number of ether oxygens (including phenoxy) is 2. The number of rotatable bonds is 5. The molecule has 0 unspecified atom stereocenters. The summed E-state index contributed by atoms with van der Waals surface area (Å²) >= 11 is 0. The molecule has 4 saturated carbocycles. The molecule has 30 heavy (non-hydrogen) atoms. The molecule has 2 aromatic rings. The minimum atomic E-state index is -0.149. The number of benzene rings is 1. The van der Waals surface area contributed by atoms with Gasteiger partial charge in [0.25, 0.3) is 5.91 Å². The molecule has 1 N–H and O–H groups in total. The van der Waals surface area contributed by atoms with Crippen molar-refractivity contribution in [3.63, 3.8) is 0 Å². The zero-order valence-corrected chi connectivity index (χ0v) is 17.5. The van der Waals surface area contributed by atoms with Gasteiger partial charge in [-0.3, -0.25) is 9.48 Å². The molecule has 0 radical (unpaired) electrons. The van der Waals surface area contributed by atoms with E-state index >= 15 is 0 Å². The molecule has 158 valence electrons. The van der Waals surface area contributed by atoms with E-state index in [0.29, 0.717) is 25.5 Å². The van der Waals surface area contributed by atoms with Crippen molar-refractivity contribution in [2.45, 2.75) is 50.7 Å². The van der Waals surface area contributed by atoms with Gasteiger partial charge in [-0.1, -0.05) is 12.1 Å². The number of carbonyl (C=O) groups is 1. The highest BCUT2D eigenvalue weighted by Crippen LogP contribution is 2.57. The van der Waals surface area contributed by atoms with Crippen LogP contribution in [0.25, 0.3) is 11.3 Å². The number of hydrogen-bond acceptors (Lipinski definition) is 4. The van der Waals surface area contributed by atoms with Crippen LogP contribution >= 0.6 is 0 Å². The van der Waals surface area contributed by atoms with Crippen LogP contribution in [-0.4, -0.2) is 34.4 Å². The Morgan fingerprint density at radius 2 is 1.90 bits per heavy atom. The van der Waals surface area contributed by atoms with Crippen LogP contribution in [0.1, 0.15) is 54.6 Å². The van der Waals surface area contributed by atoms with E-state index in [4.69, 9.17) is 9.47 Å². The van der Waals surface area contributed by atoms with Crippen LogP contribution in [0.4, 0.5) is 0 Å². The SMILES string of the molecule is Cn1nc(C(=O)NCCOC23CC4CC(CC(C4)C2)C3)c2c1-c1ccccc1OC2. The summed E-state index contributed by atoms with van der Waals surface area (Å²) in [5, 5.41) is 7.53. The van der Waals surface area contributed by atoms with Gasteiger partial charge in [0.1, 0.15) is 12.4 Å². The number of fused-ring (bicyclic) bond motifs is 3. The first kappa shape index (κ1) is 18.4. The third-order valence-corrected chi connectivity index (χ3v) is 7.65. The average molecular weight is 408 g/mol. The molecule has 4 bridgehead atoms. The first-order valence-electron chi connectivity index (χ1n) is 11.3. The van der Waals surface area contributed by atoms with Gasteiger partial charge in [-0.25, -0.2) is 0 Å². The number of hydrogen-bond donors (Lipinski definition) is 1. The highest BCUT2D eigenvalue weighted by molar-refractivity contribution is 5.96. The maximum Gasteiger partial charge on any atom is 0.272 e. The molecule has 1 amide bonds. The minimum absolute atomic E-state index is 0.0845. The Balaban J connectivity index is 1.11. The summed E-state index contributed by atoms with van der Waals surface area (Å²) < 4.78 is 14.1. The first-order chi connectivity index (χ1) is 14.6. The fourth-order valence-corrected chi connectivity index (χ4v) is 6.89. The minimum Gasteiger partial charge on any atom is -0.488 e. The Labute approximate surface area is 176 Å². The summed E-state index contributed by atoms with van der Waals surface area (Å²) in [6.45, 7) is 1.46. The molecule has 6 nitrogen and oxygen atoms in total. The van der Waals surface area contributed by atoms with Gasteiger partial charge in [0.15, 0.2) is 5.69 Å². The number of para-hydroxylation sites is 1. The second kappa shape index (κ2) is 6.84. The van der Waals surface area contributed by atoms with Gasteiger partial charge < -0.3 is 14.8 Å². The largest absolute Gasteiger partial charge is 0.488 e. The molecule has 4 aliphatic carbocycles. The second-order valence-electron chi connectivity index (χ2n) is 9.79. The lowest BCUT2D eigenvalue weighted by Gasteiger charge is -2.56. The van der Waals surface area contributed by atoms with Crippen LogP contribution in [0.2, 0.25) is 0 Å². The molecule has 4 fully saturated rings. The van der Waals surface area contributed by atoms with Crippen LogP contribution in [0.15, 0.2) is 24.3 Å².